The van der Waals surface area contributed by atoms with E-state index < -0.39 is 0 Å². The Balaban J connectivity index is 1.86. The average Bonchev–Trinajstić information content (AvgIpc) is 3.06. The third-order valence-electron chi connectivity index (χ3n) is 2.61. The number of thioether (sulfide) groups is 1. The highest BCUT2D eigenvalue weighted by Gasteiger charge is 2.13. The number of thiophene rings is 1. The van der Waals surface area contributed by atoms with Gasteiger partial charge in [-0.2, -0.15) is 0 Å². The van der Waals surface area contributed by atoms with Crippen LogP contribution in [0.2, 0.25) is 0 Å². The number of nitrogens with zero attached hydrogens (tertiary/aromatic N) is 2. The number of anilines is 1. The smallest absolute Gasteiger partial charge is 0.229 e. The minimum absolute atomic E-state index is 0.00567. The van der Waals surface area contributed by atoms with E-state index in [2.05, 4.69) is 27.0 Å². The van der Waals surface area contributed by atoms with Gasteiger partial charge >= 0.3 is 0 Å². The van der Waals surface area contributed by atoms with E-state index in [1.165, 1.54) is 16.2 Å². The second-order valence-electron chi connectivity index (χ2n) is 4.04. The maximum Gasteiger partial charge on any atom is 0.229 e. The van der Waals surface area contributed by atoms with Crippen LogP contribution in [-0.2, 0) is 10.5 Å². The molecule has 0 saturated heterocycles. The van der Waals surface area contributed by atoms with Crippen LogP contribution in [0.25, 0.3) is 0 Å². The fourth-order valence-corrected chi connectivity index (χ4v) is 3.79. The zero-order chi connectivity index (χ0) is 13.7. The molecule has 0 spiro atoms. The molecule has 2 heterocycles. The van der Waals surface area contributed by atoms with Gasteiger partial charge in [-0.25, -0.2) is 0 Å². The molecule has 0 aliphatic rings. The topological polar surface area (TPSA) is 54.9 Å². The van der Waals surface area contributed by atoms with Crippen molar-refractivity contribution < 1.29 is 4.79 Å². The maximum atomic E-state index is 11.7. The highest BCUT2D eigenvalue weighted by atomic mass is 32.2. The largest absolute Gasteiger partial charge is 0.300 e. The molecular weight excluding hydrogens is 298 g/mol. The van der Waals surface area contributed by atoms with Crippen LogP contribution in [-0.4, -0.2) is 16.1 Å². The summed E-state index contributed by atoms with van der Waals surface area (Å²) in [5.74, 6) is 0.908. The first-order valence-corrected chi connectivity index (χ1v) is 8.66. The molecule has 2 aromatic heterocycles. The average molecular weight is 313 g/mol. The van der Waals surface area contributed by atoms with Crippen molar-refractivity contribution in [3.8, 4) is 0 Å². The number of amides is 1. The molecule has 2 rings (SSSR count). The summed E-state index contributed by atoms with van der Waals surface area (Å²) in [7, 11) is 0. The van der Waals surface area contributed by atoms with E-state index in [1.54, 1.807) is 23.1 Å². The van der Waals surface area contributed by atoms with Crippen molar-refractivity contribution in [1.82, 2.24) is 10.2 Å². The molecule has 0 fully saturated rings. The zero-order valence-electron chi connectivity index (χ0n) is 10.8. The summed E-state index contributed by atoms with van der Waals surface area (Å²) in [6, 6.07) is 4.14. The normalized spacial score (nSPS) is 12.3. The molecule has 0 aliphatic carbocycles. The van der Waals surface area contributed by atoms with Gasteiger partial charge in [0.05, 0.1) is 0 Å². The van der Waals surface area contributed by atoms with Gasteiger partial charge in [-0.1, -0.05) is 43.0 Å². The lowest BCUT2D eigenvalue weighted by molar-refractivity contribution is -0.119. The first-order valence-electron chi connectivity index (χ1n) is 5.98. The van der Waals surface area contributed by atoms with Crippen molar-refractivity contribution in [2.75, 3.05) is 5.32 Å². The van der Waals surface area contributed by atoms with Gasteiger partial charge in [-0.05, 0) is 17.9 Å². The van der Waals surface area contributed by atoms with Crippen molar-refractivity contribution in [3.05, 3.63) is 22.4 Å². The van der Waals surface area contributed by atoms with Crippen LogP contribution in [0.1, 0.15) is 25.1 Å². The summed E-state index contributed by atoms with van der Waals surface area (Å²) < 4.78 is 0.882. The summed E-state index contributed by atoms with van der Waals surface area (Å²) in [6.07, 6.45) is 0.824. The van der Waals surface area contributed by atoms with Gasteiger partial charge in [0.1, 0.15) is 0 Å². The van der Waals surface area contributed by atoms with Crippen molar-refractivity contribution in [3.63, 3.8) is 0 Å². The first-order chi connectivity index (χ1) is 9.19. The maximum absolute atomic E-state index is 11.7. The van der Waals surface area contributed by atoms with E-state index >= 15 is 0 Å². The van der Waals surface area contributed by atoms with E-state index in [-0.39, 0.29) is 11.8 Å². The number of rotatable bonds is 6. The van der Waals surface area contributed by atoms with Gasteiger partial charge < -0.3 is 5.32 Å². The monoisotopic (exact) mass is 313 g/mol. The van der Waals surface area contributed by atoms with E-state index in [0.717, 1.165) is 16.5 Å². The third kappa shape index (κ3) is 4.29. The summed E-state index contributed by atoms with van der Waals surface area (Å²) >= 11 is 4.80. The molecule has 7 heteroatoms. The highest BCUT2D eigenvalue weighted by Crippen LogP contribution is 2.29. The number of hydrogen-bond donors (Lipinski definition) is 1. The Hall–Kier alpha value is -0.920. The Kier molecular flexibility index (Phi) is 5.35. The molecule has 1 atom stereocenters. The zero-order valence-corrected chi connectivity index (χ0v) is 13.2. The molecule has 1 unspecified atom stereocenters. The van der Waals surface area contributed by atoms with Crippen LogP contribution in [0, 0.1) is 5.92 Å². The van der Waals surface area contributed by atoms with Crippen LogP contribution in [0.3, 0.4) is 0 Å². The van der Waals surface area contributed by atoms with Crippen LogP contribution in [0.5, 0.6) is 0 Å². The minimum atomic E-state index is 0.00567. The lowest BCUT2D eigenvalue weighted by Crippen LogP contribution is -2.19. The Labute approximate surface area is 124 Å². The molecule has 0 aliphatic heterocycles. The number of nitrogens with one attached hydrogen (secondary N) is 1. The number of aromatic nitrogens is 2. The van der Waals surface area contributed by atoms with Crippen LogP contribution >= 0.6 is 34.4 Å². The highest BCUT2D eigenvalue weighted by molar-refractivity contribution is 8.00. The standard InChI is InChI=1S/C12H15N3OS3/c1-3-8(2)10(16)13-11-14-15-12(19-11)18-7-9-5-4-6-17-9/h4-6,8H,3,7H2,1-2H3,(H,13,14,16). The predicted molar refractivity (Wildman–Crippen MR) is 81.9 cm³/mol. The van der Waals surface area contributed by atoms with Crippen LogP contribution in [0.15, 0.2) is 21.9 Å². The van der Waals surface area contributed by atoms with Crippen molar-refractivity contribution >= 4 is 45.5 Å². The molecule has 2 aromatic rings. The number of hydrogen-bond acceptors (Lipinski definition) is 6. The quantitative estimate of drug-likeness (QED) is 0.649. The molecule has 0 saturated carbocycles. The van der Waals surface area contributed by atoms with Crippen LogP contribution < -0.4 is 5.32 Å². The van der Waals surface area contributed by atoms with E-state index in [1.807, 2.05) is 19.9 Å². The van der Waals surface area contributed by atoms with Gasteiger partial charge in [0.25, 0.3) is 0 Å². The van der Waals surface area contributed by atoms with Crippen molar-refractivity contribution in [2.45, 2.75) is 30.4 Å². The Bertz CT molecular complexity index is 524. The van der Waals surface area contributed by atoms with E-state index in [4.69, 9.17) is 0 Å². The molecule has 19 heavy (non-hydrogen) atoms. The van der Waals surface area contributed by atoms with Gasteiger partial charge in [0, 0.05) is 16.5 Å². The second-order valence-corrected chi connectivity index (χ2v) is 7.27. The molecule has 102 valence electrons. The summed E-state index contributed by atoms with van der Waals surface area (Å²) in [6.45, 7) is 3.90. The minimum Gasteiger partial charge on any atom is -0.300 e. The molecule has 0 aromatic carbocycles. The molecule has 1 N–H and O–H groups in total. The van der Waals surface area contributed by atoms with Gasteiger partial charge in [-0.3, -0.25) is 4.79 Å². The Morgan fingerprint density at radius 3 is 3.05 bits per heavy atom. The van der Waals surface area contributed by atoms with Gasteiger partial charge in [0.2, 0.25) is 11.0 Å². The fraction of sp³-hybridized carbons (Fsp3) is 0.417. The number of carbonyl (C=O) groups is 1. The van der Waals surface area contributed by atoms with E-state index in [9.17, 15) is 4.79 Å². The molecule has 1 amide bonds. The molecule has 0 bridgehead atoms. The first kappa shape index (κ1) is 14.5. The lowest BCUT2D eigenvalue weighted by atomic mass is 10.1. The Morgan fingerprint density at radius 2 is 2.37 bits per heavy atom. The predicted octanol–water partition coefficient (Wildman–Crippen LogP) is 3.88. The molecule has 0 radical (unpaired) electrons. The van der Waals surface area contributed by atoms with Crippen LogP contribution in [0.4, 0.5) is 5.13 Å². The van der Waals surface area contributed by atoms with E-state index in [0.29, 0.717) is 5.13 Å². The SMILES string of the molecule is CCC(C)C(=O)Nc1nnc(SCc2cccs2)s1. The number of carbonyl (C=O) groups excluding carboxylic acids is 1. The summed E-state index contributed by atoms with van der Waals surface area (Å²) in [4.78, 5) is 13.0. The summed E-state index contributed by atoms with van der Waals surface area (Å²) in [5.41, 5.74) is 0. The summed E-state index contributed by atoms with van der Waals surface area (Å²) in [5, 5.41) is 13.5. The van der Waals surface area contributed by atoms with Crippen molar-refractivity contribution in [2.24, 2.45) is 5.92 Å². The molecular formula is C12H15N3OS3. The molecule has 4 nitrogen and oxygen atoms in total. The van der Waals surface area contributed by atoms with Gasteiger partial charge in [-0.15, -0.1) is 21.5 Å². The fourth-order valence-electron chi connectivity index (χ4n) is 1.26. The van der Waals surface area contributed by atoms with Gasteiger partial charge in [0.15, 0.2) is 4.34 Å². The third-order valence-corrected chi connectivity index (χ3v) is 5.69. The van der Waals surface area contributed by atoms with Crippen molar-refractivity contribution in [1.29, 1.82) is 0 Å². The second kappa shape index (κ2) is 7.02. The Morgan fingerprint density at radius 1 is 1.53 bits per heavy atom. The lowest BCUT2D eigenvalue weighted by Gasteiger charge is -2.05.